The van der Waals surface area contributed by atoms with E-state index in [1.807, 2.05) is 39.0 Å². The molecule has 1 heterocycles. The van der Waals surface area contributed by atoms with Gasteiger partial charge in [-0.15, -0.1) is 0 Å². The molecule has 3 rings (SSSR count). The van der Waals surface area contributed by atoms with Crippen molar-refractivity contribution < 1.29 is 13.2 Å². The first kappa shape index (κ1) is 19.6. The highest BCUT2D eigenvalue weighted by atomic mass is 32.2. The van der Waals surface area contributed by atoms with Crippen LogP contribution in [0.3, 0.4) is 0 Å². The summed E-state index contributed by atoms with van der Waals surface area (Å²) in [6, 6.07) is 12.0. The fourth-order valence-electron chi connectivity index (χ4n) is 3.49. The molecule has 27 heavy (non-hydrogen) atoms. The van der Waals surface area contributed by atoms with E-state index in [1.54, 1.807) is 16.4 Å². The van der Waals surface area contributed by atoms with Crippen LogP contribution in [0.5, 0.6) is 0 Å². The number of amides is 1. The standard InChI is InChI=1S/C21H26N2O3S/c1-15-7-12-20(16(2)14-15)22-21(24)18-8-10-19(11-9-18)27(25,26)23-13-5-4-6-17(23)3/h7-12,14,17H,4-6,13H2,1-3H3,(H,22,24)/t17-/m0/s1. The maximum Gasteiger partial charge on any atom is 0.255 e. The van der Waals surface area contributed by atoms with E-state index in [9.17, 15) is 13.2 Å². The summed E-state index contributed by atoms with van der Waals surface area (Å²) >= 11 is 0. The zero-order valence-corrected chi connectivity index (χ0v) is 16.8. The van der Waals surface area contributed by atoms with Crippen molar-refractivity contribution in [1.82, 2.24) is 4.31 Å². The Labute approximate surface area is 161 Å². The molecule has 0 bridgehead atoms. The van der Waals surface area contributed by atoms with Crippen LogP contribution < -0.4 is 5.32 Å². The molecule has 144 valence electrons. The van der Waals surface area contributed by atoms with Crippen LogP contribution in [0.2, 0.25) is 0 Å². The van der Waals surface area contributed by atoms with E-state index in [2.05, 4.69) is 5.32 Å². The summed E-state index contributed by atoms with van der Waals surface area (Å²) in [6.45, 7) is 6.44. The fraction of sp³-hybridized carbons (Fsp3) is 0.381. The summed E-state index contributed by atoms with van der Waals surface area (Å²) in [5.74, 6) is -0.253. The van der Waals surface area contributed by atoms with Gasteiger partial charge in [-0.3, -0.25) is 4.79 Å². The van der Waals surface area contributed by atoms with Crippen LogP contribution in [0, 0.1) is 13.8 Å². The minimum atomic E-state index is -3.52. The van der Waals surface area contributed by atoms with Gasteiger partial charge in [-0.05, 0) is 69.5 Å². The van der Waals surface area contributed by atoms with Crippen LogP contribution in [-0.2, 0) is 10.0 Å². The third-order valence-electron chi connectivity index (χ3n) is 5.10. The first-order valence-electron chi connectivity index (χ1n) is 9.29. The summed E-state index contributed by atoms with van der Waals surface area (Å²) < 4.78 is 27.3. The zero-order valence-electron chi connectivity index (χ0n) is 16.0. The van der Waals surface area contributed by atoms with E-state index >= 15 is 0 Å². The Bertz CT molecular complexity index is 936. The summed E-state index contributed by atoms with van der Waals surface area (Å²) in [5.41, 5.74) is 3.30. The quantitative estimate of drug-likeness (QED) is 0.859. The maximum absolute atomic E-state index is 12.9. The van der Waals surface area contributed by atoms with Gasteiger partial charge in [0.1, 0.15) is 0 Å². The Balaban J connectivity index is 1.77. The van der Waals surface area contributed by atoms with Crippen LogP contribution in [0.15, 0.2) is 47.4 Å². The van der Waals surface area contributed by atoms with Gasteiger partial charge in [-0.1, -0.05) is 24.1 Å². The fourth-order valence-corrected chi connectivity index (χ4v) is 5.19. The van der Waals surface area contributed by atoms with Gasteiger partial charge < -0.3 is 5.32 Å². The largest absolute Gasteiger partial charge is 0.322 e. The first-order valence-corrected chi connectivity index (χ1v) is 10.7. The minimum Gasteiger partial charge on any atom is -0.322 e. The molecule has 1 aliphatic heterocycles. The summed E-state index contributed by atoms with van der Waals surface area (Å²) in [5, 5.41) is 2.88. The molecule has 5 nitrogen and oxygen atoms in total. The van der Waals surface area contributed by atoms with Crippen molar-refractivity contribution in [3.8, 4) is 0 Å². The Morgan fingerprint density at radius 2 is 1.78 bits per heavy atom. The summed E-state index contributed by atoms with van der Waals surface area (Å²) in [7, 11) is -3.52. The summed E-state index contributed by atoms with van der Waals surface area (Å²) in [4.78, 5) is 12.7. The van der Waals surface area contributed by atoms with Gasteiger partial charge in [0.2, 0.25) is 10.0 Å². The molecule has 0 spiro atoms. The first-order chi connectivity index (χ1) is 12.8. The highest BCUT2D eigenvalue weighted by molar-refractivity contribution is 7.89. The summed E-state index contributed by atoms with van der Waals surface area (Å²) in [6.07, 6.45) is 2.83. The molecule has 6 heteroatoms. The van der Waals surface area contributed by atoms with Crippen molar-refractivity contribution in [3.63, 3.8) is 0 Å². The molecule has 1 atom stereocenters. The molecule has 1 saturated heterocycles. The molecule has 2 aromatic carbocycles. The molecular formula is C21H26N2O3S. The third-order valence-corrected chi connectivity index (χ3v) is 7.12. The van der Waals surface area contributed by atoms with Crippen LogP contribution in [0.4, 0.5) is 5.69 Å². The van der Waals surface area contributed by atoms with Crippen molar-refractivity contribution in [3.05, 3.63) is 59.2 Å². The Kier molecular flexibility index (Phi) is 5.67. The lowest BCUT2D eigenvalue weighted by atomic mass is 10.1. The SMILES string of the molecule is Cc1ccc(NC(=O)c2ccc(S(=O)(=O)N3CCCC[C@@H]3C)cc2)c(C)c1. The third kappa shape index (κ3) is 4.22. The van der Waals surface area contributed by atoms with E-state index < -0.39 is 10.0 Å². The molecule has 0 unspecified atom stereocenters. The van der Waals surface area contributed by atoms with Gasteiger partial charge in [0, 0.05) is 23.8 Å². The average molecular weight is 387 g/mol. The lowest BCUT2D eigenvalue weighted by Crippen LogP contribution is -2.41. The number of nitrogens with zero attached hydrogens (tertiary/aromatic N) is 1. The number of sulfonamides is 1. The van der Waals surface area contributed by atoms with E-state index in [0.29, 0.717) is 12.1 Å². The number of aryl methyl sites for hydroxylation is 2. The van der Waals surface area contributed by atoms with Crippen LogP contribution in [0.1, 0.15) is 47.7 Å². The number of benzene rings is 2. The number of carbonyl (C=O) groups is 1. The Morgan fingerprint density at radius 1 is 1.07 bits per heavy atom. The Morgan fingerprint density at radius 3 is 2.41 bits per heavy atom. The second-order valence-electron chi connectivity index (χ2n) is 7.26. The van der Waals surface area contributed by atoms with Crippen LogP contribution in [-0.4, -0.2) is 31.2 Å². The van der Waals surface area contributed by atoms with E-state index in [-0.39, 0.29) is 16.8 Å². The second kappa shape index (κ2) is 7.82. The minimum absolute atomic E-state index is 0.0104. The topological polar surface area (TPSA) is 66.5 Å². The molecule has 2 aromatic rings. The molecule has 0 aliphatic carbocycles. The lowest BCUT2D eigenvalue weighted by molar-refractivity contribution is 0.102. The average Bonchev–Trinajstić information content (AvgIpc) is 2.64. The van der Waals surface area contributed by atoms with E-state index in [4.69, 9.17) is 0 Å². The predicted octanol–water partition coefficient (Wildman–Crippen LogP) is 4.12. The number of hydrogen-bond acceptors (Lipinski definition) is 3. The van der Waals surface area contributed by atoms with Gasteiger partial charge in [-0.2, -0.15) is 4.31 Å². The van der Waals surface area contributed by atoms with Gasteiger partial charge in [-0.25, -0.2) is 8.42 Å². The van der Waals surface area contributed by atoms with Crippen molar-refractivity contribution in [1.29, 1.82) is 0 Å². The van der Waals surface area contributed by atoms with Crippen LogP contribution in [0.25, 0.3) is 0 Å². The van der Waals surface area contributed by atoms with Crippen molar-refractivity contribution in [2.24, 2.45) is 0 Å². The van der Waals surface area contributed by atoms with Crippen molar-refractivity contribution >= 4 is 21.6 Å². The normalized spacial score (nSPS) is 18.3. The number of nitrogens with one attached hydrogen (secondary N) is 1. The maximum atomic E-state index is 12.9. The Hall–Kier alpha value is -2.18. The monoisotopic (exact) mass is 386 g/mol. The molecule has 0 aromatic heterocycles. The number of piperidine rings is 1. The molecule has 1 amide bonds. The van der Waals surface area contributed by atoms with Crippen molar-refractivity contribution in [2.45, 2.75) is 51.0 Å². The van der Waals surface area contributed by atoms with E-state index in [1.165, 1.54) is 12.1 Å². The smallest absolute Gasteiger partial charge is 0.255 e. The van der Waals surface area contributed by atoms with Gasteiger partial charge >= 0.3 is 0 Å². The molecule has 1 fully saturated rings. The van der Waals surface area contributed by atoms with Gasteiger partial charge in [0.15, 0.2) is 0 Å². The van der Waals surface area contributed by atoms with E-state index in [0.717, 1.165) is 36.1 Å². The molecule has 0 radical (unpaired) electrons. The molecule has 1 aliphatic rings. The second-order valence-corrected chi connectivity index (χ2v) is 9.15. The number of hydrogen-bond donors (Lipinski definition) is 1. The van der Waals surface area contributed by atoms with Crippen LogP contribution >= 0.6 is 0 Å². The predicted molar refractivity (Wildman–Crippen MR) is 108 cm³/mol. The number of anilines is 1. The van der Waals surface area contributed by atoms with Crippen molar-refractivity contribution in [2.75, 3.05) is 11.9 Å². The molecule has 0 saturated carbocycles. The molecule has 1 N–H and O–H groups in total. The highest BCUT2D eigenvalue weighted by Crippen LogP contribution is 2.25. The molecular weight excluding hydrogens is 360 g/mol. The number of rotatable bonds is 4. The van der Waals surface area contributed by atoms with Gasteiger partial charge in [0.25, 0.3) is 5.91 Å². The van der Waals surface area contributed by atoms with Gasteiger partial charge in [0.05, 0.1) is 4.90 Å². The lowest BCUT2D eigenvalue weighted by Gasteiger charge is -2.32. The number of carbonyl (C=O) groups excluding carboxylic acids is 1. The zero-order chi connectivity index (χ0) is 19.6. The highest BCUT2D eigenvalue weighted by Gasteiger charge is 2.30.